The zero-order chi connectivity index (χ0) is 10.8. The summed E-state index contributed by atoms with van der Waals surface area (Å²) in [5.41, 5.74) is 2.63. The van der Waals surface area contributed by atoms with Crippen LogP contribution in [-0.4, -0.2) is 9.55 Å². The van der Waals surface area contributed by atoms with Gasteiger partial charge in [0.1, 0.15) is 5.82 Å². The molecular formula is C13H16N2. The van der Waals surface area contributed by atoms with Crippen LogP contribution >= 0.6 is 0 Å². The summed E-state index contributed by atoms with van der Waals surface area (Å²) in [6, 6.07) is 6.15. The zero-order valence-electron chi connectivity index (χ0n) is 9.44. The third kappa shape index (κ3) is 1.94. The first-order valence-corrected chi connectivity index (χ1v) is 5.28. The third-order valence-corrected chi connectivity index (χ3v) is 2.63. The predicted octanol–water partition coefficient (Wildman–Crippen LogP) is 3.30. The van der Waals surface area contributed by atoms with E-state index in [0.717, 1.165) is 5.82 Å². The number of nitrogens with zero attached hydrogens (tertiary/aromatic N) is 2. The lowest BCUT2D eigenvalue weighted by atomic mass is 10.0. The van der Waals surface area contributed by atoms with Gasteiger partial charge in [0.05, 0.1) is 0 Å². The number of hydrogen-bond donors (Lipinski definition) is 0. The highest BCUT2D eigenvalue weighted by Gasteiger charge is 2.05. The molecule has 0 aromatic carbocycles. The first-order chi connectivity index (χ1) is 7.18. The summed E-state index contributed by atoms with van der Waals surface area (Å²) in [6.07, 6.45) is 6.00. The van der Waals surface area contributed by atoms with Gasteiger partial charge in [0.25, 0.3) is 0 Å². The van der Waals surface area contributed by atoms with Crippen molar-refractivity contribution in [2.45, 2.75) is 26.7 Å². The molecule has 15 heavy (non-hydrogen) atoms. The highest BCUT2D eigenvalue weighted by Crippen LogP contribution is 2.19. The van der Waals surface area contributed by atoms with E-state index in [4.69, 9.17) is 0 Å². The maximum Gasteiger partial charge on any atom is 0.136 e. The van der Waals surface area contributed by atoms with Crippen molar-refractivity contribution in [2.75, 3.05) is 0 Å². The third-order valence-electron chi connectivity index (χ3n) is 2.63. The van der Waals surface area contributed by atoms with Gasteiger partial charge in [-0.1, -0.05) is 13.8 Å². The van der Waals surface area contributed by atoms with Crippen molar-refractivity contribution in [1.82, 2.24) is 9.55 Å². The fraction of sp³-hybridized carbons (Fsp3) is 0.308. The molecule has 0 unspecified atom stereocenters. The van der Waals surface area contributed by atoms with Crippen LogP contribution in [0.25, 0.3) is 5.82 Å². The Labute approximate surface area is 90.6 Å². The Morgan fingerprint density at radius 3 is 2.40 bits per heavy atom. The molecule has 78 valence electrons. The van der Waals surface area contributed by atoms with Gasteiger partial charge >= 0.3 is 0 Å². The smallest absolute Gasteiger partial charge is 0.136 e. The molecule has 0 aliphatic rings. The van der Waals surface area contributed by atoms with E-state index in [-0.39, 0.29) is 0 Å². The number of aryl methyl sites for hydroxylation is 1. The number of pyridine rings is 1. The number of hydrogen-bond acceptors (Lipinski definition) is 1. The molecule has 2 aromatic rings. The lowest BCUT2D eigenvalue weighted by Gasteiger charge is -2.10. The van der Waals surface area contributed by atoms with Crippen LogP contribution in [0.4, 0.5) is 0 Å². The van der Waals surface area contributed by atoms with Gasteiger partial charge < -0.3 is 4.57 Å². The Morgan fingerprint density at radius 1 is 1.20 bits per heavy atom. The second-order valence-corrected chi connectivity index (χ2v) is 4.14. The highest BCUT2D eigenvalue weighted by molar-refractivity contribution is 5.34. The Hall–Kier alpha value is -1.57. The topological polar surface area (TPSA) is 17.8 Å². The average Bonchev–Trinajstić information content (AvgIpc) is 2.69. The fourth-order valence-electron chi connectivity index (χ4n) is 1.78. The van der Waals surface area contributed by atoms with Crippen LogP contribution in [0, 0.1) is 6.92 Å². The van der Waals surface area contributed by atoms with Gasteiger partial charge in [-0.05, 0) is 42.2 Å². The van der Waals surface area contributed by atoms with E-state index >= 15 is 0 Å². The maximum atomic E-state index is 4.47. The first-order valence-electron chi connectivity index (χ1n) is 5.28. The molecule has 2 nitrogen and oxygen atoms in total. The molecule has 0 aliphatic heterocycles. The van der Waals surface area contributed by atoms with E-state index in [9.17, 15) is 0 Å². The van der Waals surface area contributed by atoms with Crippen molar-refractivity contribution >= 4 is 0 Å². The van der Waals surface area contributed by atoms with E-state index in [1.165, 1.54) is 11.1 Å². The van der Waals surface area contributed by atoms with E-state index in [1.807, 2.05) is 35.3 Å². The molecule has 0 saturated carbocycles. The summed E-state index contributed by atoms with van der Waals surface area (Å²) in [6.45, 7) is 6.53. The quantitative estimate of drug-likeness (QED) is 0.727. The van der Waals surface area contributed by atoms with Gasteiger partial charge in [-0.15, -0.1) is 0 Å². The van der Waals surface area contributed by atoms with Crippen LogP contribution in [0.3, 0.4) is 0 Å². The van der Waals surface area contributed by atoms with Gasteiger partial charge in [0, 0.05) is 18.6 Å². The molecule has 0 spiro atoms. The summed E-state index contributed by atoms with van der Waals surface area (Å²) < 4.78 is 2.02. The predicted molar refractivity (Wildman–Crippen MR) is 62.4 cm³/mol. The minimum Gasteiger partial charge on any atom is -0.309 e. The largest absolute Gasteiger partial charge is 0.309 e. The molecule has 0 saturated heterocycles. The molecule has 0 fully saturated rings. The molecule has 0 N–H and O–H groups in total. The van der Waals surface area contributed by atoms with Crippen LogP contribution in [0.2, 0.25) is 0 Å². The van der Waals surface area contributed by atoms with E-state index in [0.29, 0.717) is 5.92 Å². The Morgan fingerprint density at radius 2 is 1.87 bits per heavy atom. The minimum absolute atomic E-state index is 0.538. The Kier molecular flexibility index (Phi) is 2.58. The van der Waals surface area contributed by atoms with Gasteiger partial charge in [0.15, 0.2) is 0 Å². The van der Waals surface area contributed by atoms with Crippen molar-refractivity contribution in [3.05, 3.63) is 47.9 Å². The van der Waals surface area contributed by atoms with Gasteiger partial charge in [-0.25, -0.2) is 4.98 Å². The molecular weight excluding hydrogens is 184 g/mol. The molecule has 0 bridgehead atoms. The first kappa shape index (κ1) is 9.97. The van der Waals surface area contributed by atoms with Gasteiger partial charge in [0.2, 0.25) is 0 Å². The average molecular weight is 200 g/mol. The van der Waals surface area contributed by atoms with Crippen molar-refractivity contribution in [2.24, 2.45) is 0 Å². The second kappa shape index (κ2) is 3.89. The maximum absolute atomic E-state index is 4.47. The SMILES string of the molecule is Cc1cc(-n2cccc2)ncc1C(C)C. The van der Waals surface area contributed by atoms with E-state index in [2.05, 4.69) is 31.8 Å². The van der Waals surface area contributed by atoms with Crippen molar-refractivity contribution < 1.29 is 0 Å². The fourth-order valence-corrected chi connectivity index (χ4v) is 1.78. The normalized spacial score (nSPS) is 10.9. The van der Waals surface area contributed by atoms with Gasteiger partial charge in [-0.3, -0.25) is 0 Å². The summed E-state index contributed by atoms with van der Waals surface area (Å²) in [5.74, 6) is 1.53. The minimum atomic E-state index is 0.538. The summed E-state index contributed by atoms with van der Waals surface area (Å²) in [4.78, 5) is 4.47. The number of rotatable bonds is 2. The van der Waals surface area contributed by atoms with Crippen molar-refractivity contribution in [1.29, 1.82) is 0 Å². The molecule has 0 radical (unpaired) electrons. The zero-order valence-corrected chi connectivity index (χ0v) is 9.44. The molecule has 2 aromatic heterocycles. The lowest BCUT2D eigenvalue weighted by Crippen LogP contribution is -1.99. The Balaban J connectivity index is 2.42. The number of aromatic nitrogens is 2. The molecule has 2 heteroatoms. The van der Waals surface area contributed by atoms with Crippen molar-refractivity contribution in [3.63, 3.8) is 0 Å². The molecule has 2 rings (SSSR count). The molecule has 0 aliphatic carbocycles. The standard InChI is InChI=1S/C13H16N2/c1-10(2)12-9-14-13(8-11(12)3)15-6-4-5-7-15/h4-10H,1-3H3. The molecule has 0 amide bonds. The van der Waals surface area contributed by atoms with Crippen LogP contribution in [0.5, 0.6) is 0 Å². The molecule has 0 atom stereocenters. The Bertz CT molecular complexity index is 442. The van der Waals surface area contributed by atoms with Gasteiger partial charge in [-0.2, -0.15) is 0 Å². The van der Waals surface area contributed by atoms with Crippen LogP contribution in [0.15, 0.2) is 36.8 Å². The second-order valence-electron chi connectivity index (χ2n) is 4.14. The summed E-state index contributed by atoms with van der Waals surface area (Å²) in [7, 11) is 0. The van der Waals surface area contributed by atoms with Crippen LogP contribution < -0.4 is 0 Å². The lowest BCUT2D eigenvalue weighted by molar-refractivity contribution is 0.841. The van der Waals surface area contributed by atoms with Crippen LogP contribution in [-0.2, 0) is 0 Å². The summed E-state index contributed by atoms with van der Waals surface area (Å²) in [5, 5.41) is 0. The summed E-state index contributed by atoms with van der Waals surface area (Å²) >= 11 is 0. The highest BCUT2D eigenvalue weighted by atomic mass is 15.0. The monoisotopic (exact) mass is 200 g/mol. The van der Waals surface area contributed by atoms with E-state index < -0.39 is 0 Å². The van der Waals surface area contributed by atoms with Crippen molar-refractivity contribution in [3.8, 4) is 5.82 Å². The molecule has 2 heterocycles. The van der Waals surface area contributed by atoms with E-state index in [1.54, 1.807) is 0 Å². The van der Waals surface area contributed by atoms with Crippen LogP contribution in [0.1, 0.15) is 30.9 Å².